The van der Waals surface area contributed by atoms with Gasteiger partial charge in [0, 0.05) is 18.6 Å². The van der Waals surface area contributed by atoms with Crippen LogP contribution >= 0.6 is 50.1 Å². The molecule has 0 radical (unpaired) electrons. The third-order valence-corrected chi connectivity index (χ3v) is 5.86. The Morgan fingerprint density at radius 3 is 2.52 bits per heavy atom. The molecule has 2 amide bonds. The van der Waals surface area contributed by atoms with Gasteiger partial charge in [0.25, 0.3) is 11.8 Å². The second-order valence-corrected chi connectivity index (χ2v) is 9.05. The number of nitrogens with one attached hydrogen (secondary N) is 2. The number of amides is 2. The molecule has 3 rings (SSSR count). The fourth-order valence-corrected chi connectivity index (χ4v) is 3.71. The number of hydrogen-bond acceptors (Lipinski definition) is 5. The maximum absolute atomic E-state index is 12.4. The van der Waals surface area contributed by atoms with Gasteiger partial charge in [-0.15, -0.1) is 0 Å². The largest absolute Gasteiger partial charge is 0.422 e. The van der Waals surface area contributed by atoms with Gasteiger partial charge in [0.15, 0.2) is 0 Å². The first-order valence-electron chi connectivity index (χ1n) is 9.45. The number of nitrogens with zero attached hydrogens (tertiary/aromatic N) is 1. The number of ether oxygens (including phenoxy) is 1. The van der Waals surface area contributed by atoms with Crippen LogP contribution in [0.3, 0.4) is 0 Å². The minimum atomic E-state index is -0.564. The zero-order valence-electron chi connectivity index (χ0n) is 16.8. The highest BCUT2D eigenvalue weighted by molar-refractivity contribution is 14.1. The molecule has 0 atom stereocenters. The third kappa shape index (κ3) is 7.37. The van der Waals surface area contributed by atoms with E-state index in [-0.39, 0.29) is 18.2 Å². The van der Waals surface area contributed by atoms with Crippen molar-refractivity contribution in [1.29, 1.82) is 0 Å². The molecular formula is C23H16BrClIN3O4. The number of halogens is 3. The molecule has 0 aliphatic carbocycles. The fraction of sp³-hybridized carbons (Fsp3) is 0.0435. The van der Waals surface area contributed by atoms with Crippen molar-refractivity contribution >= 4 is 74.1 Å². The Kier molecular flexibility index (Phi) is 8.98. The predicted octanol–water partition coefficient (Wildman–Crippen LogP) is 4.81. The van der Waals surface area contributed by atoms with Crippen molar-refractivity contribution in [2.24, 2.45) is 5.10 Å². The Hall–Kier alpha value is -2.76. The number of carbonyl (C=O) groups is 3. The van der Waals surface area contributed by atoms with Crippen LogP contribution in [0, 0.1) is 3.57 Å². The molecule has 0 heterocycles. The summed E-state index contributed by atoms with van der Waals surface area (Å²) in [5.74, 6) is -1.18. The SMILES string of the molecule is O=C(CNC(=O)c1ccccc1I)N/N=C\c1cc(Br)ccc1OC(=O)c1ccc(Cl)cc1. The van der Waals surface area contributed by atoms with Crippen molar-refractivity contribution in [2.75, 3.05) is 6.54 Å². The van der Waals surface area contributed by atoms with Crippen molar-refractivity contribution in [2.45, 2.75) is 0 Å². The molecule has 0 aromatic heterocycles. The summed E-state index contributed by atoms with van der Waals surface area (Å²) >= 11 is 11.2. The molecule has 3 aromatic carbocycles. The molecule has 7 nitrogen and oxygen atoms in total. The summed E-state index contributed by atoms with van der Waals surface area (Å²) in [5, 5.41) is 6.95. The van der Waals surface area contributed by atoms with Crippen LogP contribution in [-0.4, -0.2) is 30.5 Å². The predicted molar refractivity (Wildman–Crippen MR) is 138 cm³/mol. The Morgan fingerprint density at radius 1 is 1.06 bits per heavy atom. The second-order valence-electron chi connectivity index (χ2n) is 6.53. The standard InChI is InChI=1S/C23H16BrClIN3O4/c24-16-7-10-20(33-23(32)14-5-8-17(25)9-6-14)15(11-16)12-28-29-21(30)13-27-22(31)18-3-1-2-4-19(18)26/h1-12H,13H2,(H,27,31)(H,29,30)/b28-12-. The molecule has 3 aromatic rings. The van der Waals surface area contributed by atoms with Crippen LogP contribution in [0.25, 0.3) is 0 Å². The Balaban J connectivity index is 1.60. The number of esters is 1. The van der Waals surface area contributed by atoms with Crippen molar-refractivity contribution in [3.05, 3.63) is 96.5 Å². The molecule has 0 spiro atoms. The Bertz CT molecular complexity index is 1220. The van der Waals surface area contributed by atoms with Crippen LogP contribution in [0.15, 0.2) is 76.3 Å². The maximum Gasteiger partial charge on any atom is 0.343 e. The van der Waals surface area contributed by atoms with Crippen LogP contribution in [0.1, 0.15) is 26.3 Å². The van der Waals surface area contributed by atoms with Crippen LogP contribution < -0.4 is 15.5 Å². The van der Waals surface area contributed by atoms with E-state index in [0.29, 0.717) is 21.7 Å². The number of rotatable bonds is 7. The van der Waals surface area contributed by atoms with Crippen LogP contribution in [0.5, 0.6) is 5.75 Å². The van der Waals surface area contributed by atoms with E-state index in [2.05, 4.69) is 54.4 Å². The monoisotopic (exact) mass is 639 g/mol. The number of hydrogen-bond donors (Lipinski definition) is 2. The second kappa shape index (κ2) is 11.9. The molecule has 2 N–H and O–H groups in total. The Morgan fingerprint density at radius 2 is 1.79 bits per heavy atom. The van der Waals surface area contributed by atoms with E-state index in [0.717, 1.165) is 8.04 Å². The zero-order chi connectivity index (χ0) is 23.8. The van der Waals surface area contributed by atoms with Gasteiger partial charge in [-0.25, -0.2) is 10.2 Å². The molecule has 0 fully saturated rings. The molecule has 0 aliphatic rings. The molecule has 0 unspecified atom stereocenters. The van der Waals surface area contributed by atoms with Gasteiger partial charge in [-0.3, -0.25) is 9.59 Å². The van der Waals surface area contributed by atoms with E-state index in [4.69, 9.17) is 16.3 Å². The minimum absolute atomic E-state index is 0.252. The van der Waals surface area contributed by atoms with E-state index in [1.54, 1.807) is 60.7 Å². The summed E-state index contributed by atoms with van der Waals surface area (Å²) < 4.78 is 6.97. The molecule has 0 saturated heterocycles. The smallest absolute Gasteiger partial charge is 0.343 e. The number of hydrazone groups is 1. The van der Waals surface area contributed by atoms with Crippen molar-refractivity contribution in [1.82, 2.24) is 10.7 Å². The van der Waals surface area contributed by atoms with Gasteiger partial charge in [0.1, 0.15) is 5.75 Å². The topological polar surface area (TPSA) is 96.9 Å². The summed E-state index contributed by atoms with van der Waals surface area (Å²) in [4.78, 5) is 36.6. The molecular weight excluding hydrogens is 625 g/mol. The first kappa shape index (κ1) is 24.9. The third-order valence-electron chi connectivity index (χ3n) is 4.18. The first-order chi connectivity index (χ1) is 15.8. The van der Waals surface area contributed by atoms with Crippen LogP contribution in [0.4, 0.5) is 0 Å². The van der Waals surface area contributed by atoms with Gasteiger partial charge in [-0.05, 0) is 77.2 Å². The minimum Gasteiger partial charge on any atom is -0.422 e. The van der Waals surface area contributed by atoms with E-state index in [1.807, 2.05) is 6.07 Å². The highest BCUT2D eigenvalue weighted by Gasteiger charge is 2.13. The summed E-state index contributed by atoms with van der Waals surface area (Å²) in [7, 11) is 0. The highest BCUT2D eigenvalue weighted by atomic mass is 127. The summed E-state index contributed by atoms with van der Waals surface area (Å²) in [6.07, 6.45) is 1.34. The van der Waals surface area contributed by atoms with E-state index < -0.39 is 11.9 Å². The normalized spacial score (nSPS) is 10.6. The maximum atomic E-state index is 12.4. The first-order valence-corrected chi connectivity index (χ1v) is 11.7. The lowest BCUT2D eigenvalue weighted by molar-refractivity contribution is -0.120. The van der Waals surface area contributed by atoms with Gasteiger partial charge in [-0.2, -0.15) is 5.10 Å². The molecule has 168 valence electrons. The molecule has 0 bridgehead atoms. The lowest BCUT2D eigenvalue weighted by Crippen LogP contribution is -2.35. The van der Waals surface area contributed by atoms with Crippen LogP contribution in [0.2, 0.25) is 5.02 Å². The van der Waals surface area contributed by atoms with Crippen LogP contribution in [-0.2, 0) is 4.79 Å². The van der Waals surface area contributed by atoms with Gasteiger partial charge in [-0.1, -0.05) is 39.7 Å². The van der Waals surface area contributed by atoms with Gasteiger partial charge in [0.2, 0.25) is 0 Å². The van der Waals surface area contributed by atoms with E-state index in [9.17, 15) is 14.4 Å². The van der Waals surface area contributed by atoms with Gasteiger partial charge >= 0.3 is 5.97 Å². The molecule has 0 aliphatic heterocycles. The van der Waals surface area contributed by atoms with Gasteiger partial charge in [0.05, 0.1) is 23.9 Å². The Labute approximate surface area is 216 Å². The summed E-state index contributed by atoms with van der Waals surface area (Å²) in [5.41, 5.74) is 3.61. The number of carbonyl (C=O) groups excluding carboxylic acids is 3. The number of benzene rings is 3. The fourth-order valence-electron chi connectivity index (χ4n) is 2.57. The molecule has 10 heteroatoms. The lowest BCUT2D eigenvalue weighted by atomic mass is 10.2. The average molecular weight is 641 g/mol. The quantitative estimate of drug-likeness (QED) is 0.128. The lowest BCUT2D eigenvalue weighted by Gasteiger charge is -2.08. The van der Waals surface area contributed by atoms with E-state index in [1.165, 1.54) is 6.21 Å². The van der Waals surface area contributed by atoms with Crippen molar-refractivity contribution in [3.63, 3.8) is 0 Å². The molecule has 33 heavy (non-hydrogen) atoms. The molecule has 0 saturated carbocycles. The van der Waals surface area contributed by atoms with Crippen molar-refractivity contribution in [3.8, 4) is 5.75 Å². The average Bonchev–Trinajstić information content (AvgIpc) is 2.80. The summed E-state index contributed by atoms with van der Waals surface area (Å²) in [6.45, 7) is -0.252. The zero-order valence-corrected chi connectivity index (χ0v) is 21.3. The summed E-state index contributed by atoms with van der Waals surface area (Å²) in [6, 6.07) is 18.3. The van der Waals surface area contributed by atoms with Gasteiger partial charge < -0.3 is 10.1 Å². The van der Waals surface area contributed by atoms with E-state index >= 15 is 0 Å². The highest BCUT2D eigenvalue weighted by Crippen LogP contribution is 2.23. The van der Waals surface area contributed by atoms with Crippen molar-refractivity contribution < 1.29 is 19.1 Å².